The normalized spacial score (nSPS) is 21.9. The van der Waals surface area contributed by atoms with E-state index in [2.05, 4.69) is 5.32 Å². The molecule has 0 amide bonds. The third-order valence-electron chi connectivity index (χ3n) is 2.92. The van der Waals surface area contributed by atoms with E-state index in [0.29, 0.717) is 0 Å². The van der Waals surface area contributed by atoms with Crippen LogP contribution in [0, 0.1) is 10.1 Å². The van der Waals surface area contributed by atoms with Crippen LogP contribution in [0.4, 0.5) is 5.69 Å². The molecule has 2 N–H and O–H groups in total. The van der Waals surface area contributed by atoms with E-state index in [4.69, 9.17) is 0 Å². The molecule has 86 valence electrons. The SMILES string of the molecule is O=[N+]([O-])c1ccc(C(O)[C@@H]2CCCN2)cc1. The van der Waals surface area contributed by atoms with E-state index >= 15 is 0 Å². The second kappa shape index (κ2) is 4.59. The average molecular weight is 222 g/mol. The van der Waals surface area contributed by atoms with Crippen molar-refractivity contribution in [3.63, 3.8) is 0 Å². The fraction of sp³-hybridized carbons (Fsp3) is 0.455. The van der Waals surface area contributed by atoms with Gasteiger partial charge in [0.1, 0.15) is 0 Å². The van der Waals surface area contributed by atoms with Crippen molar-refractivity contribution >= 4 is 5.69 Å². The predicted octanol–water partition coefficient (Wildman–Crippen LogP) is 1.38. The molecular weight excluding hydrogens is 208 g/mol. The van der Waals surface area contributed by atoms with Crippen LogP contribution >= 0.6 is 0 Å². The summed E-state index contributed by atoms with van der Waals surface area (Å²) in [6.07, 6.45) is 1.43. The molecule has 0 aliphatic carbocycles. The van der Waals surface area contributed by atoms with Crippen LogP contribution in [0.25, 0.3) is 0 Å². The monoisotopic (exact) mass is 222 g/mol. The Bertz CT molecular complexity index is 371. The van der Waals surface area contributed by atoms with Crippen molar-refractivity contribution in [3.05, 3.63) is 39.9 Å². The molecule has 1 aliphatic heterocycles. The molecule has 1 aromatic rings. The molecule has 1 fully saturated rings. The predicted molar refractivity (Wildman–Crippen MR) is 59.1 cm³/mol. The van der Waals surface area contributed by atoms with Crippen LogP contribution < -0.4 is 5.32 Å². The molecule has 16 heavy (non-hydrogen) atoms. The number of aliphatic hydroxyl groups excluding tert-OH is 1. The Morgan fingerprint density at radius 2 is 2.12 bits per heavy atom. The minimum Gasteiger partial charge on any atom is -0.387 e. The summed E-state index contributed by atoms with van der Waals surface area (Å²) < 4.78 is 0. The molecule has 1 aromatic carbocycles. The van der Waals surface area contributed by atoms with Crippen molar-refractivity contribution < 1.29 is 10.0 Å². The molecule has 0 spiro atoms. The number of nitrogens with one attached hydrogen (secondary N) is 1. The Morgan fingerprint density at radius 1 is 1.44 bits per heavy atom. The lowest BCUT2D eigenvalue weighted by molar-refractivity contribution is -0.384. The second-order valence-electron chi connectivity index (χ2n) is 4.00. The lowest BCUT2D eigenvalue weighted by Crippen LogP contribution is -2.28. The maximum Gasteiger partial charge on any atom is 0.269 e. The maximum absolute atomic E-state index is 10.5. The summed E-state index contributed by atoms with van der Waals surface area (Å²) in [5.41, 5.74) is 0.778. The van der Waals surface area contributed by atoms with Gasteiger partial charge in [-0.1, -0.05) is 0 Å². The minimum absolute atomic E-state index is 0.0512. The minimum atomic E-state index is -0.580. The highest BCUT2D eigenvalue weighted by atomic mass is 16.6. The zero-order chi connectivity index (χ0) is 11.5. The summed E-state index contributed by atoms with van der Waals surface area (Å²) in [6, 6.07) is 6.15. The number of nitro groups is 1. The summed E-state index contributed by atoms with van der Waals surface area (Å²) in [6.45, 7) is 0.925. The number of hydrogen-bond acceptors (Lipinski definition) is 4. The molecule has 2 rings (SSSR count). The quantitative estimate of drug-likeness (QED) is 0.598. The van der Waals surface area contributed by atoms with Crippen molar-refractivity contribution in [1.82, 2.24) is 5.32 Å². The summed E-state index contributed by atoms with van der Waals surface area (Å²) >= 11 is 0. The Balaban J connectivity index is 2.11. The van der Waals surface area contributed by atoms with Gasteiger partial charge in [0.25, 0.3) is 5.69 Å². The van der Waals surface area contributed by atoms with Crippen LogP contribution in [0.15, 0.2) is 24.3 Å². The first-order valence-electron chi connectivity index (χ1n) is 5.34. The number of rotatable bonds is 3. The summed E-state index contributed by atoms with van der Waals surface area (Å²) in [5.74, 6) is 0. The number of nitrogens with zero attached hydrogens (tertiary/aromatic N) is 1. The van der Waals surface area contributed by atoms with Gasteiger partial charge in [-0.3, -0.25) is 10.1 Å². The van der Waals surface area contributed by atoms with Gasteiger partial charge in [-0.25, -0.2) is 0 Å². The summed E-state index contributed by atoms with van der Waals surface area (Å²) in [4.78, 5) is 10.0. The zero-order valence-corrected chi connectivity index (χ0v) is 8.80. The number of benzene rings is 1. The lowest BCUT2D eigenvalue weighted by Gasteiger charge is -2.18. The Labute approximate surface area is 93.2 Å². The summed E-state index contributed by atoms with van der Waals surface area (Å²) in [7, 11) is 0. The molecule has 1 heterocycles. The topological polar surface area (TPSA) is 75.4 Å². The third-order valence-corrected chi connectivity index (χ3v) is 2.92. The van der Waals surface area contributed by atoms with Crippen LogP contribution in [0.3, 0.4) is 0 Å². The number of nitro benzene ring substituents is 1. The number of hydrogen-bond donors (Lipinski definition) is 2. The van der Waals surface area contributed by atoms with Crippen molar-refractivity contribution in [1.29, 1.82) is 0 Å². The van der Waals surface area contributed by atoms with Crippen LogP contribution in [0.1, 0.15) is 24.5 Å². The fourth-order valence-electron chi connectivity index (χ4n) is 2.01. The van der Waals surface area contributed by atoms with Crippen LogP contribution in [-0.4, -0.2) is 22.6 Å². The van der Waals surface area contributed by atoms with E-state index in [-0.39, 0.29) is 11.7 Å². The first-order chi connectivity index (χ1) is 7.68. The van der Waals surface area contributed by atoms with E-state index < -0.39 is 11.0 Å². The molecule has 5 nitrogen and oxygen atoms in total. The molecule has 1 aliphatic rings. The van der Waals surface area contributed by atoms with Gasteiger partial charge >= 0.3 is 0 Å². The summed E-state index contributed by atoms with van der Waals surface area (Å²) in [5, 5.41) is 23.7. The molecular formula is C11H14N2O3. The van der Waals surface area contributed by atoms with Gasteiger partial charge in [-0.05, 0) is 37.1 Å². The highest BCUT2D eigenvalue weighted by molar-refractivity contribution is 5.34. The lowest BCUT2D eigenvalue weighted by atomic mass is 10.0. The van der Waals surface area contributed by atoms with Gasteiger partial charge in [-0.15, -0.1) is 0 Å². The molecule has 0 aromatic heterocycles. The van der Waals surface area contributed by atoms with Crippen LogP contribution in [-0.2, 0) is 0 Å². The molecule has 0 saturated carbocycles. The van der Waals surface area contributed by atoms with Gasteiger partial charge in [0.15, 0.2) is 0 Å². The largest absolute Gasteiger partial charge is 0.387 e. The number of non-ortho nitro benzene ring substituents is 1. The van der Waals surface area contributed by atoms with E-state index in [0.717, 1.165) is 24.9 Å². The highest BCUT2D eigenvalue weighted by Gasteiger charge is 2.24. The fourth-order valence-corrected chi connectivity index (χ4v) is 2.01. The molecule has 1 unspecified atom stereocenters. The van der Waals surface area contributed by atoms with Crippen molar-refractivity contribution in [2.75, 3.05) is 6.54 Å². The molecule has 1 saturated heterocycles. The molecule has 0 radical (unpaired) electrons. The Kier molecular flexibility index (Phi) is 3.17. The molecule has 2 atom stereocenters. The second-order valence-corrected chi connectivity index (χ2v) is 4.00. The van der Waals surface area contributed by atoms with Gasteiger partial charge in [0, 0.05) is 18.2 Å². The van der Waals surface area contributed by atoms with Gasteiger partial charge in [0.05, 0.1) is 11.0 Å². The maximum atomic E-state index is 10.5. The highest BCUT2D eigenvalue weighted by Crippen LogP contribution is 2.24. The zero-order valence-electron chi connectivity index (χ0n) is 8.80. The average Bonchev–Trinajstić information content (AvgIpc) is 2.81. The molecule has 0 bridgehead atoms. The first-order valence-corrected chi connectivity index (χ1v) is 5.34. The smallest absolute Gasteiger partial charge is 0.269 e. The Hall–Kier alpha value is -1.46. The van der Waals surface area contributed by atoms with Crippen LogP contribution in [0.5, 0.6) is 0 Å². The third kappa shape index (κ3) is 2.20. The Morgan fingerprint density at radius 3 is 2.62 bits per heavy atom. The van der Waals surface area contributed by atoms with E-state index in [9.17, 15) is 15.2 Å². The van der Waals surface area contributed by atoms with E-state index in [1.54, 1.807) is 12.1 Å². The first kappa shape index (κ1) is 11.0. The van der Waals surface area contributed by atoms with Crippen LogP contribution in [0.2, 0.25) is 0 Å². The van der Waals surface area contributed by atoms with Gasteiger partial charge in [-0.2, -0.15) is 0 Å². The van der Waals surface area contributed by atoms with Crippen molar-refractivity contribution in [3.8, 4) is 0 Å². The number of aliphatic hydroxyl groups is 1. The van der Waals surface area contributed by atoms with Crippen molar-refractivity contribution in [2.24, 2.45) is 0 Å². The standard InChI is InChI=1S/C11H14N2O3/c14-11(10-2-1-7-12-10)8-3-5-9(6-4-8)13(15)16/h3-6,10-12,14H,1-2,7H2/t10-,11?/m0/s1. The van der Waals surface area contributed by atoms with E-state index in [1.807, 2.05) is 0 Å². The van der Waals surface area contributed by atoms with Gasteiger partial charge < -0.3 is 10.4 Å². The van der Waals surface area contributed by atoms with E-state index in [1.165, 1.54) is 12.1 Å². The molecule has 5 heteroatoms. The van der Waals surface area contributed by atoms with Gasteiger partial charge in [0.2, 0.25) is 0 Å². The van der Waals surface area contributed by atoms with Crippen molar-refractivity contribution in [2.45, 2.75) is 25.0 Å².